The van der Waals surface area contributed by atoms with Crippen molar-refractivity contribution < 1.29 is 19.4 Å². The lowest BCUT2D eigenvalue weighted by Crippen LogP contribution is -2.49. The molecular formula is C20H34IN5O4. The molecule has 0 unspecified atom stereocenters. The summed E-state index contributed by atoms with van der Waals surface area (Å²) in [5.41, 5.74) is 6.27. The van der Waals surface area contributed by atoms with Crippen molar-refractivity contribution in [3.63, 3.8) is 0 Å². The van der Waals surface area contributed by atoms with Gasteiger partial charge in [-0.15, -0.1) is 24.0 Å². The zero-order chi connectivity index (χ0) is 21.1. The monoisotopic (exact) mass is 535 g/mol. The van der Waals surface area contributed by atoms with E-state index >= 15 is 0 Å². The van der Waals surface area contributed by atoms with Crippen LogP contribution in [0.3, 0.4) is 0 Å². The molecule has 0 saturated carbocycles. The number of likely N-dealkylation sites (tertiary alicyclic amines) is 1. The number of aliphatic hydroxyl groups is 1. The van der Waals surface area contributed by atoms with E-state index in [1.807, 2.05) is 25.1 Å². The van der Waals surface area contributed by atoms with E-state index in [0.29, 0.717) is 30.6 Å². The molecule has 1 heterocycles. The summed E-state index contributed by atoms with van der Waals surface area (Å²) in [6.45, 7) is 5.47. The Morgan fingerprint density at radius 3 is 2.67 bits per heavy atom. The zero-order valence-corrected chi connectivity index (χ0v) is 20.1. The van der Waals surface area contributed by atoms with Crippen LogP contribution in [0, 0.1) is 0 Å². The summed E-state index contributed by atoms with van der Waals surface area (Å²) in [6, 6.07) is 5.96. The van der Waals surface area contributed by atoms with Crippen LogP contribution in [0.15, 0.2) is 23.2 Å². The van der Waals surface area contributed by atoms with Gasteiger partial charge in [-0.05, 0) is 37.5 Å². The number of hydrogen-bond acceptors (Lipinski definition) is 6. The number of benzene rings is 1. The summed E-state index contributed by atoms with van der Waals surface area (Å²) >= 11 is 0. The highest BCUT2D eigenvalue weighted by Gasteiger charge is 2.20. The summed E-state index contributed by atoms with van der Waals surface area (Å²) in [5, 5.41) is 15.7. The molecule has 9 nitrogen and oxygen atoms in total. The highest BCUT2D eigenvalue weighted by Crippen LogP contribution is 2.28. The van der Waals surface area contributed by atoms with Crippen molar-refractivity contribution in [2.24, 2.45) is 10.7 Å². The van der Waals surface area contributed by atoms with Gasteiger partial charge >= 0.3 is 0 Å². The lowest BCUT2D eigenvalue weighted by atomic mass is 10.1. The minimum atomic E-state index is -0.283. The number of amides is 1. The second kappa shape index (κ2) is 14.3. The summed E-state index contributed by atoms with van der Waals surface area (Å²) < 4.78 is 10.8. The average Bonchev–Trinajstić information content (AvgIpc) is 2.72. The van der Waals surface area contributed by atoms with Crippen LogP contribution in [0.4, 0.5) is 0 Å². The molecule has 0 aliphatic carbocycles. The third kappa shape index (κ3) is 8.92. The Morgan fingerprint density at radius 2 is 2.07 bits per heavy atom. The van der Waals surface area contributed by atoms with Crippen molar-refractivity contribution >= 4 is 35.8 Å². The summed E-state index contributed by atoms with van der Waals surface area (Å²) in [7, 11) is 1.59. The zero-order valence-electron chi connectivity index (χ0n) is 17.7. The van der Waals surface area contributed by atoms with E-state index in [-0.39, 0.29) is 43.1 Å². The Hall–Kier alpha value is -1.79. The number of nitrogens with two attached hydrogens (primary N) is 1. The van der Waals surface area contributed by atoms with Crippen LogP contribution < -0.4 is 25.8 Å². The molecule has 1 aromatic carbocycles. The molecule has 5 N–H and O–H groups in total. The minimum absolute atomic E-state index is 0. The largest absolute Gasteiger partial charge is 0.493 e. The lowest BCUT2D eigenvalue weighted by Gasteiger charge is -2.32. The first kappa shape index (κ1) is 26.2. The number of guanidine groups is 1. The number of nitrogens with one attached hydrogen (secondary N) is 2. The third-order valence-electron chi connectivity index (χ3n) is 4.65. The Morgan fingerprint density at radius 1 is 1.33 bits per heavy atom. The van der Waals surface area contributed by atoms with Gasteiger partial charge in [0.25, 0.3) is 0 Å². The van der Waals surface area contributed by atoms with E-state index in [2.05, 4.69) is 20.5 Å². The van der Waals surface area contributed by atoms with Gasteiger partial charge in [-0.25, -0.2) is 4.99 Å². The normalized spacial score (nSPS) is 15.2. The van der Waals surface area contributed by atoms with Crippen molar-refractivity contribution in [3.05, 3.63) is 23.8 Å². The van der Waals surface area contributed by atoms with Gasteiger partial charge in [0, 0.05) is 25.7 Å². The van der Waals surface area contributed by atoms with Crippen LogP contribution in [-0.4, -0.2) is 74.4 Å². The molecule has 0 bridgehead atoms. The lowest BCUT2D eigenvalue weighted by molar-refractivity contribution is -0.119. The van der Waals surface area contributed by atoms with Gasteiger partial charge in [0.2, 0.25) is 5.91 Å². The summed E-state index contributed by atoms with van der Waals surface area (Å²) in [6.07, 6.45) is 1.87. The van der Waals surface area contributed by atoms with Gasteiger partial charge in [0.05, 0.1) is 26.8 Å². The van der Waals surface area contributed by atoms with Crippen molar-refractivity contribution in [2.45, 2.75) is 32.4 Å². The molecule has 0 aromatic heterocycles. The highest BCUT2D eigenvalue weighted by molar-refractivity contribution is 14.0. The molecule has 1 saturated heterocycles. The summed E-state index contributed by atoms with van der Waals surface area (Å²) in [5.74, 6) is 1.70. The van der Waals surface area contributed by atoms with E-state index < -0.39 is 0 Å². The molecule has 1 aliphatic heterocycles. The second-order valence-electron chi connectivity index (χ2n) is 6.91. The Balaban J connectivity index is 0.00000450. The van der Waals surface area contributed by atoms with E-state index in [9.17, 15) is 4.79 Å². The topological polar surface area (TPSA) is 121 Å². The molecule has 30 heavy (non-hydrogen) atoms. The molecule has 2 rings (SSSR count). The van der Waals surface area contributed by atoms with E-state index in [4.69, 9.17) is 20.3 Å². The molecule has 1 amide bonds. The molecule has 0 spiro atoms. The van der Waals surface area contributed by atoms with Gasteiger partial charge in [-0.2, -0.15) is 0 Å². The smallest absolute Gasteiger partial charge is 0.231 e. The van der Waals surface area contributed by atoms with Crippen LogP contribution in [0.5, 0.6) is 11.5 Å². The van der Waals surface area contributed by atoms with Gasteiger partial charge in [0.15, 0.2) is 17.5 Å². The average molecular weight is 535 g/mol. The number of hydrogen-bond donors (Lipinski definition) is 4. The molecule has 0 radical (unpaired) electrons. The number of carbonyl (C=O) groups excluding carboxylic acids is 1. The number of primary amides is 1. The molecule has 1 aromatic rings. The first-order valence-electron chi connectivity index (χ1n) is 10.0. The van der Waals surface area contributed by atoms with Gasteiger partial charge < -0.3 is 30.9 Å². The van der Waals surface area contributed by atoms with Crippen LogP contribution in [0.25, 0.3) is 0 Å². The maximum atomic E-state index is 11.1. The fraction of sp³-hybridized carbons (Fsp3) is 0.600. The SMILES string of the molecule is CCNC(=NCc1ccc(OCCO)c(OC)c1)NC1CCN(CC(N)=O)CC1.I. The first-order chi connectivity index (χ1) is 14.0. The van der Waals surface area contributed by atoms with E-state index in [1.54, 1.807) is 7.11 Å². The maximum Gasteiger partial charge on any atom is 0.231 e. The predicted octanol–water partition coefficient (Wildman–Crippen LogP) is 0.689. The van der Waals surface area contributed by atoms with Gasteiger partial charge in [-0.1, -0.05) is 6.07 Å². The van der Waals surface area contributed by atoms with Crippen LogP contribution >= 0.6 is 24.0 Å². The number of aliphatic hydroxyl groups excluding tert-OH is 1. The van der Waals surface area contributed by atoms with E-state index in [0.717, 1.165) is 44.0 Å². The minimum Gasteiger partial charge on any atom is -0.493 e. The Bertz CT molecular complexity index is 681. The fourth-order valence-corrected chi connectivity index (χ4v) is 3.22. The van der Waals surface area contributed by atoms with Crippen molar-refractivity contribution in [1.29, 1.82) is 0 Å². The number of aliphatic imine (C=N–C) groups is 1. The van der Waals surface area contributed by atoms with Gasteiger partial charge in [0.1, 0.15) is 6.61 Å². The molecule has 1 aliphatic rings. The number of nitrogens with zero attached hydrogens (tertiary/aromatic N) is 2. The molecule has 10 heteroatoms. The highest BCUT2D eigenvalue weighted by atomic mass is 127. The fourth-order valence-electron chi connectivity index (χ4n) is 3.22. The molecule has 1 fully saturated rings. The molecular weight excluding hydrogens is 501 g/mol. The number of rotatable bonds is 10. The Kier molecular flexibility index (Phi) is 12.5. The van der Waals surface area contributed by atoms with Crippen LogP contribution in [0.2, 0.25) is 0 Å². The molecule has 0 atom stereocenters. The molecule has 170 valence electrons. The first-order valence-corrected chi connectivity index (χ1v) is 10.0. The Labute approximate surface area is 195 Å². The number of carbonyl (C=O) groups is 1. The quantitative estimate of drug-likeness (QED) is 0.198. The van der Waals surface area contributed by atoms with Crippen LogP contribution in [0.1, 0.15) is 25.3 Å². The maximum absolute atomic E-state index is 11.1. The number of ether oxygens (including phenoxy) is 2. The van der Waals surface area contributed by atoms with Crippen molar-refractivity contribution in [3.8, 4) is 11.5 Å². The van der Waals surface area contributed by atoms with Crippen LogP contribution in [-0.2, 0) is 11.3 Å². The van der Waals surface area contributed by atoms with Crippen molar-refractivity contribution in [1.82, 2.24) is 15.5 Å². The third-order valence-corrected chi connectivity index (χ3v) is 4.65. The number of methoxy groups -OCH3 is 1. The number of halogens is 1. The summed E-state index contributed by atoms with van der Waals surface area (Å²) in [4.78, 5) is 17.8. The standard InChI is InChI=1S/C20H33N5O4.HI/c1-3-22-20(24-16-6-8-25(9-7-16)14-19(21)27)23-13-15-4-5-17(29-11-10-26)18(12-15)28-2;/h4-5,12,16,26H,3,6-11,13-14H2,1-2H3,(H2,21,27)(H2,22,23,24);1H. The van der Waals surface area contributed by atoms with E-state index in [1.165, 1.54) is 0 Å². The van der Waals surface area contributed by atoms with Crippen molar-refractivity contribution in [2.75, 3.05) is 46.5 Å². The van der Waals surface area contributed by atoms with Gasteiger partial charge in [-0.3, -0.25) is 9.69 Å². The number of piperidine rings is 1. The second-order valence-corrected chi connectivity index (χ2v) is 6.91. The predicted molar refractivity (Wildman–Crippen MR) is 128 cm³/mol.